The van der Waals surface area contributed by atoms with Crippen LogP contribution in [0.4, 0.5) is 5.69 Å². The lowest BCUT2D eigenvalue weighted by molar-refractivity contribution is 0.0929. The minimum Gasteiger partial charge on any atom is -0.387 e. The Balaban J connectivity index is 2.73. The molecule has 1 aromatic carbocycles. The van der Waals surface area contributed by atoms with Crippen molar-refractivity contribution in [3.05, 3.63) is 29.8 Å². The van der Waals surface area contributed by atoms with Gasteiger partial charge in [-0.05, 0) is 32.1 Å². The molecule has 0 saturated carbocycles. The molecule has 0 spiro atoms. The van der Waals surface area contributed by atoms with Gasteiger partial charge in [-0.25, -0.2) is 0 Å². The van der Waals surface area contributed by atoms with Crippen LogP contribution in [-0.4, -0.2) is 44.5 Å². The number of likely N-dealkylation sites (N-methyl/N-ethyl adjacent to an activating group) is 1. The van der Waals surface area contributed by atoms with Crippen molar-refractivity contribution >= 4 is 11.6 Å². The van der Waals surface area contributed by atoms with E-state index in [0.717, 1.165) is 18.5 Å². The minimum atomic E-state index is -0.0160. The predicted molar refractivity (Wildman–Crippen MR) is 89.9 cm³/mol. The number of para-hydroxylation sites is 1. The molecule has 4 heteroatoms. The summed E-state index contributed by atoms with van der Waals surface area (Å²) in [6.07, 6.45) is 2.25. The second kappa shape index (κ2) is 8.67. The number of nitrogens with zero attached hydrogens (tertiary/aromatic N) is 1. The van der Waals surface area contributed by atoms with Gasteiger partial charge in [-0.3, -0.25) is 4.79 Å². The molecule has 1 amide bonds. The molecule has 1 rings (SSSR count). The first-order valence-corrected chi connectivity index (χ1v) is 7.76. The fraction of sp³-hybridized carbons (Fsp3) is 0.588. The average Bonchev–Trinajstić information content (AvgIpc) is 2.50. The van der Waals surface area contributed by atoms with Crippen LogP contribution in [-0.2, 0) is 0 Å². The van der Waals surface area contributed by atoms with Gasteiger partial charge >= 0.3 is 0 Å². The molecule has 1 atom stereocenters. The summed E-state index contributed by atoms with van der Waals surface area (Å²) in [7, 11) is 5.99. The molecule has 4 nitrogen and oxygen atoms in total. The van der Waals surface area contributed by atoms with Gasteiger partial charge in [0, 0.05) is 25.3 Å². The van der Waals surface area contributed by atoms with Crippen LogP contribution >= 0.6 is 0 Å². The van der Waals surface area contributed by atoms with E-state index < -0.39 is 0 Å². The molecule has 0 bridgehead atoms. The van der Waals surface area contributed by atoms with Gasteiger partial charge in [0.25, 0.3) is 5.91 Å². The number of benzene rings is 1. The average molecular weight is 291 g/mol. The van der Waals surface area contributed by atoms with Gasteiger partial charge < -0.3 is 15.5 Å². The minimum absolute atomic E-state index is 0.0160. The summed E-state index contributed by atoms with van der Waals surface area (Å²) in [5, 5.41) is 6.14. The highest BCUT2D eigenvalue weighted by molar-refractivity contribution is 5.99. The Hall–Kier alpha value is -1.55. The summed E-state index contributed by atoms with van der Waals surface area (Å²) in [4.78, 5) is 14.6. The maximum absolute atomic E-state index is 12.4. The van der Waals surface area contributed by atoms with E-state index in [9.17, 15) is 4.79 Å². The zero-order valence-electron chi connectivity index (χ0n) is 13.9. The quantitative estimate of drug-likeness (QED) is 0.774. The molecule has 1 unspecified atom stereocenters. The van der Waals surface area contributed by atoms with Crippen LogP contribution in [0, 0.1) is 5.92 Å². The lowest BCUT2D eigenvalue weighted by Gasteiger charge is -2.31. The van der Waals surface area contributed by atoms with Gasteiger partial charge in [-0.15, -0.1) is 0 Å². The van der Waals surface area contributed by atoms with Crippen LogP contribution in [0.25, 0.3) is 0 Å². The van der Waals surface area contributed by atoms with Gasteiger partial charge in [0.15, 0.2) is 0 Å². The molecule has 118 valence electrons. The lowest BCUT2D eigenvalue weighted by atomic mass is 9.93. The fourth-order valence-corrected chi connectivity index (χ4v) is 2.80. The van der Waals surface area contributed by atoms with Crippen LogP contribution in [0.5, 0.6) is 0 Å². The van der Waals surface area contributed by atoms with E-state index in [2.05, 4.69) is 43.5 Å². The zero-order valence-corrected chi connectivity index (χ0v) is 13.9. The van der Waals surface area contributed by atoms with Crippen molar-refractivity contribution in [2.24, 2.45) is 5.92 Å². The van der Waals surface area contributed by atoms with Crippen LogP contribution in [0.1, 0.15) is 37.0 Å². The summed E-state index contributed by atoms with van der Waals surface area (Å²) in [6.45, 7) is 5.10. The SMILES string of the molecule is CCC(CC)C(CNC(=O)c1ccccc1NC)N(C)C. The second-order valence-corrected chi connectivity index (χ2v) is 5.61. The highest BCUT2D eigenvalue weighted by Crippen LogP contribution is 2.17. The van der Waals surface area contributed by atoms with Crippen molar-refractivity contribution in [2.45, 2.75) is 32.7 Å². The molecule has 1 aromatic rings. The van der Waals surface area contributed by atoms with Crippen molar-refractivity contribution in [1.82, 2.24) is 10.2 Å². The van der Waals surface area contributed by atoms with Crippen molar-refractivity contribution in [2.75, 3.05) is 33.0 Å². The zero-order chi connectivity index (χ0) is 15.8. The fourth-order valence-electron chi connectivity index (χ4n) is 2.80. The molecule has 0 saturated heterocycles. The molecular weight excluding hydrogens is 262 g/mol. The number of rotatable bonds is 8. The van der Waals surface area contributed by atoms with Gasteiger partial charge in [-0.1, -0.05) is 38.8 Å². The third kappa shape index (κ3) is 4.74. The second-order valence-electron chi connectivity index (χ2n) is 5.61. The third-order valence-electron chi connectivity index (χ3n) is 4.17. The number of carbonyl (C=O) groups is 1. The number of amides is 1. The Bertz CT molecular complexity index is 441. The summed E-state index contributed by atoms with van der Waals surface area (Å²) < 4.78 is 0. The largest absolute Gasteiger partial charge is 0.387 e. The molecule has 0 aliphatic rings. The Morgan fingerprint density at radius 2 is 1.81 bits per heavy atom. The van der Waals surface area contributed by atoms with Crippen LogP contribution in [0.15, 0.2) is 24.3 Å². The van der Waals surface area contributed by atoms with Crippen molar-refractivity contribution in [3.63, 3.8) is 0 Å². The Morgan fingerprint density at radius 3 is 2.33 bits per heavy atom. The molecule has 0 radical (unpaired) electrons. The molecule has 0 aromatic heterocycles. The Morgan fingerprint density at radius 1 is 1.19 bits per heavy atom. The molecule has 0 fully saturated rings. The maximum Gasteiger partial charge on any atom is 0.253 e. The molecule has 2 N–H and O–H groups in total. The molecule has 0 aliphatic carbocycles. The number of hydrogen-bond donors (Lipinski definition) is 2. The summed E-state index contributed by atoms with van der Waals surface area (Å²) in [5.41, 5.74) is 1.56. The van der Waals surface area contributed by atoms with E-state index >= 15 is 0 Å². The number of nitrogens with one attached hydrogen (secondary N) is 2. The van der Waals surface area contributed by atoms with Crippen LogP contribution < -0.4 is 10.6 Å². The molecule has 0 heterocycles. The topological polar surface area (TPSA) is 44.4 Å². The molecule has 21 heavy (non-hydrogen) atoms. The van der Waals surface area contributed by atoms with Crippen molar-refractivity contribution in [1.29, 1.82) is 0 Å². The molecular formula is C17H29N3O. The summed E-state index contributed by atoms with van der Waals surface area (Å²) in [6, 6.07) is 7.95. The number of carbonyl (C=O) groups excluding carboxylic acids is 1. The van der Waals surface area contributed by atoms with E-state index in [1.807, 2.05) is 31.3 Å². The lowest BCUT2D eigenvalue weighted by Crippen LogP contribution is -2.44. The smallest absolute Gasteiger partial charge is 0.253 e. The van der Waals surface area contributed by atoms with Crippen molar-refractivity contribution < 1.29 is 4.79 Å². The van der Waals surface area contributed by atoms with E-state index in [4.69, 9.17) is 0 Å². The molecule has 0 aliphatic heterocycles. The van der Waals surface area contributed by atoms with Crippen LogP contribution in [0.3, 0.4) is 0 Å². The summed E-state index contributed by atoms with van der Waals surface area (Å²) in [5.74, 6) is 0.581. The standard InChI is InChI=1S/C17H29N3O/c1-6-13(7-2)16(20(4)5)12-19-17(21)14-10-8-9-11-15(14)18-3/h8-11,13,16,18H,6-7,12H2,1-5H3,(H,19,21). The van der Waals surface area contributed by atoms with Crippen LogP contribution in [0.2, 0.25) is 0 Å². The first-order chi connectivity index (χ1) is 10.0. The number of anilines is 1. The summed E-state index contributed by atoms with van der Waals surface area (Å²) >= 11 is 0. The predicted octanol–water partition coefficient (Wildman–Crippen LogP) is 2.82. The van der Waals surface area contributed by atoms with Gasteiger partial charge in [0.1, 0.15) is 0 Å². The maximum atomic E-state index is 12.4. The first kappa shape index (κ1) is 17.5. The van der Waals surface area contributed by atoms with E-state index in [0.29, 0.717) is 24.1 Å². The highest BCUT2D eigenvalue weighted by Gasteiger charge is 2.21. The number of hydrogen-bond acceptors (Lipinski definition) is 3. The monoisotopic (exact) mass is 291 g/mol. The highest BCUT2D eigenvalue weighted by atomic mass is 16.1. The van der Waals surface area contributed by atoms with Gasteiger partial charge in [0.05, 0.1) is 5.56 Å². The third-order valence-corrected chi connectivity index (χ3v) is 4.17. The van der Waals surface area contributed by atoms with Crippen molar-refractivity contribution in [3.8, 4) is 0 Å². The first-order valence-electron chi connectivity index (χ1n) is 7.76. The van der Waals surface area contributed by atoms with E-state index in [-0.39, 0.29) is 5.91 Å². The van der Waals surface area contributed by atoms with Gasteiger partial charge in [0.2, 0.25) is 0 Å². The van der Waals surface area contributed by atoms with Gasteiger partial charge in [-0.2, -0.15) is 0 Å². The Kier molecular flexibility index (Phi) is 7.23. The Labute approximate surface area is 128 Å². The normalized spacial score (nSPS) is 12.5. The van der Waals surface area contributed by atoms with E-state index in [1.165, 1.54) is 0 Å². The van der Waals surface area contributed by atoms with E-state index in [1.54, 1.807) is 0 Å².